The van der Waals surface area contributed by atoms with Crippen LogP contribution in [0.2, 0.25) is 10.0 Å². The Kier molecular flexibility index (Phi) is 7.59. The molecule has 2 aromatic heterocycles. The first kappa shape index (κ1) is 26.3. The summed E-state index contributed by atoms with van der Waals surface area (Å²) in [6.45, 7) is 1.53. The van der Waals surface area contributed by atoms with E-state index in [2.05, 4.69) is 35.4 Å². The summed E-state index contributed by atoms with van der Waals surface area (Å²) in [7, 11) is 0. The Morgan fingerprint density at radius 2 is 1.74 bits per heavy atom. The highest BCUT2D eigenvalue weighted by atomic mass is 35.5. The fourth-order valence-corrected chi connectivity index (χ4v) is 3.08. The number of aromatic nitrogens is 5. The van der Waals surface area contributed by atoms with Crippen molar-refractivity contribution in [1.29, 1.82) is 0 Å². The number of nitrogens with zero attached hydrogens (tertiary/aromatic N) is 5. The molecule has 0 saturated carbocycles. The molecule has 1 unspecified atom stereocenters. The minimum atomic E-state index is -5.90. The summed E-state index contributed by atoms with van der Waals surface area (Å²) in [5.41, 5.74) is -0.373. The topological polar surface area (TPSA) is 107 Å². The molecule has 1 aromatic carbocycles. The second kappa shape index (κ2) is 10.1. The summed E-state index contributed by atoms with van der Waals surface area (Å²) >= 11 is 11.6. The van der Waals surface area contributed by atoms with Crippen LogP contribution in [-0.4, -0.2) is 49.2 Å². The van der Waals surface area contributed by atoms with Gasteiger partial charge in [0.1, 0.15) is 12.1 Å². The third-order valence-electron chi connectivity index (χ3n) is 4.15. The molecule has 35 heavy (non-hydrogen) atoms. The maximum Gasteiger partial charge on any atom is 0.439 e. The Labute approximate surface area is 202 Å². The number of ether oxygens (including phenoxy) is 1. The van der Waals surface area contributed by atoms with Crippen molar-refractivity contribution in [2.75, 3.05) is 5.32 Å². The van der Waals surface area contributed by atoms with Crippen molar-refractivity contribution < 1.29 is 35.9 Å². The van der Waals surface area contributed by atoms with E-state index in [0.29, 0.717) is 6.07 Å². The zero-order valence-electron chi connectivity index (χ0n) is 17.2. The average molecular weight is 544 g/mol. The summed E-state index contributed by atoms with van der Waals surface area (Å²) in [6.07, 6.45) is -11.7. The predicted molar refractivity (Wildman–Crippen MR) is 111 cm³/mol. The van der Waals surface area contributed by atoms with Gasteiger partial charge in [-0.1, -0.05) is 23.2 Å². The number of anilines is 1. The van der Waals surface area contributed by atoms with E-state index in [4.69, 9.17) is 23.2 Å². The van der Waals surface area contributed by atoms with Gasteiger partial charge in [-0.05, 0) is 19.1 Å². The summed E-state index contributed by atoms with van der Waals surface area (Å²) in [5, 5.41) is 7.72. The number of halogens is 8. The van der Waals surface area contributed by atoms with Crippen molar-refractivity contribution in [3.63, 3.8) is 0 Å². The molecular weight excluding hydrogens is 531 g/mol. The highest BCUT2D eigenvalue weighted by Gasteiger charge is 2.59. The summed E-state index contributed by atoms with van der Waals surface area (Å²) < 4.78 is 82.7. The molecule has 0 fully saturated rings. The number of rotatable bonds is 7. The second-order valence-corrected chi connectivity index (χ2v) is 7.54. The van der Waals surface area contributed by atoms with Gasteiger partial charge in [0.15, 0.2) is 5.82 Å². The van der Waals surface area contributed by atoms with Crippen LogP contribution in [0.3, 0.4) is 0 Å². The largest absolute Gasteiger partial charge is 0.439 e. The maximum atomic E-state index is 13.6. The fourth-order valence-electron chi connectivity index (χ4n) is 2.61. The van der Waals surface area contributed by atoms with Gasteiger partial charge >= 0.3 is 18.3 Å². The molecule has 0 spiro atoms. The highest BCUT2D eigenvalue weighted by Crippen LogP contribution is 2.41. The first-order valence-electron chi connectivity index (χ1n) is 9.31. The Hall–Kier alpha value is -3.33. The van der Waals surface area contributed by atoms with Crippen LogP contribution >= 0.6 is 23.2 Å². The van der Waals surface area contributed by atoms with Crippen LogP contribution in [0, 0.1) is 0 Å². The Bertz CT molecular complexity index is 1200. The van der Waals surface area contributed by atoms with E-state index in [-0.39, 0.29) is 22.5 Å². The van der Waals surface area contributed by atoms with Crippen molar-refractivity contribution >= 4 is 34.9 Å². The quantitative estimate of drug-likeness (QED) is 0.400. The molecule has 2 atom stereocenters. The molecule has 2 heterocycles. The average Bonchev–Trinajstić information content (AvgIpc) is 3.26. The SMILES string of the molecule is C[C@H](NC(=O)Nc1cc(OC(F)(F)C(F)C(F)(F)F)c(Cl)cc1Cl)c1ncnn1-c1ncccn1. The van der Waals surface area contributed by atoms with Crippen LogP contribution in [0.1, 0.15) is 18.8 Å². The normalized spacial score (nSPS) is 13.7. The molecular formula is C18H13Cl2F6N7O2. The molecule has 17 heteroatoms. The van der Waals surface area contributed by atoms with Crippen molar-refractivity contribution in [3.05, 3.63) is 52.8 Å². The highest BCUT2D eigenvalue weighted by molar-refractivity contribution is 6.37. The van der Waals surface area contributed by atoms with Crippen molar-refractivity contribution in [3.8, 4) is 11.7 Å². The van der Waals surface area contributed by atoms with Gasteiger partial charge in [-0.25, -0.2) is 24.1 Å². The molecule has 0 bridgehead atoms. The first-order chi connectivity index (χ1) is 16.3. The number of urea groups is 1. The standard InChI is InChI=1S/C18H13Cl2F6N7O2/c1-8(13-29-7-30-33(13)15-27-3-2-4-28-15)31-16(34)32-11-6-12(10(20)5-9(11)19)35-18(25,26)14(21)17(22,23)24/h2-8,14H,1H3,(H2,31,32,34)/t8-,14?/m0/s1. The fraction of sp³-hybridized carbons (Fsp3) is 0.278. The van der Waals surface area contributed by atoms with E-state index in [9.17, 15) is 31.1 Å². The van der Waals surface area contributed by atoms with Gasteiger partial charge in [-0.3, -0.25) is 0 Å². The maximum absolute atomic E-state index is 13.6. The molecule has 2 amide bonds. The van der Waals surface area contributed by atoms with E-state index >= 15 is 0 Å². The number of alkyl halides is 6. The number of carbonyl (C=O) groups is 1. The molecule has 3 aromatic rings. The molecule has 3 rings (SSSR count). The van der Waals surface area contributed by atoms with Gasteiger partial charge < -0.3 is 15.4 Å². The van der Waals surface area contributed by atoms with Crippen LogP contribution in [-0.2, 0) is 0 Å². The lowest BCUT2D eigenvalue weighted by Gasteiger charge is -2.24. The lowest BCUT2D eigenvalue weighted by Crippen LogP contribution is -2.45. The minimum Gasteiger partial charge on any atom is -0.428 e. The summed E-state index contributed by atoms with van der Waals surface area (Å²) in [5.74, 6) is -0.668. The van der Waals surface area contributed by atoms with Gasteiger partial charge in [0, 0.05) is 18.5 Å². The van der Waals surface area contributed by atoms with Crippen LogP contribution in [0.25, 0.3) is 5.95 Å². The number of hydrogen-bond acceptors (Lipinski definition) is 6. The van der Waals surface area contributed by atoms with E-state index < -0.39 is 41.3 Å². The van der Waals surface area contributed by atoms with Gasteiger partial charge in [-0.2, -0.15) is 31.7 Å². The molecule has 0 aliphatic heterocycles. The van der Waals surface area contributed by atoms with Gasteiger partial charge in [0.25, 0.3) is 12.1 Å². The van der Waals surface area contributed by atoms with Crippen molar-refractivity contribution in [2.24, 2.45) is 0 Å². The molecule has 188 valence electrons. The molecule has 0 aliphatic rings. The Morgan fingerprint density at radius 1 is 1.09 bits per heavy atom. The molecule has 2 N–H and O–H groups in total. The second-order valence-electron chi connectivity index (χ2n) is 6.73. The lowest BCUT2D eigenvalue weighted by atomic mass is 10.2. The Morgan fingerprint density at radius 3 is 2.37 bits per heavy atom. The number of carbonyl (C=O) groups excluding carboxylic acids is 1. The van der Waals surface area contributed by atoms with E-state index in [0.717, 1.165) is 6.07 Å². The van der Waals surface area contributed by atoms with Gasteiger partial charge in [-0.15, -0.1) is 0 Å². The summed E-state index contributed by atoms with van der Waals surface area (Å²) in [6, 6.07) is 1.29. The van der Waals surface area contributed by atoms with Crippen LogP contribution in [0.15, 0.2) is 36.9 Å². The van der Waals surface area contributed by atoms with Crippen molar-refractivity contribution in [2.45, 2.75) is 31.4 Å². The third kappa shape index (κ3) is 6.22. The monoisotopic (exact) mass is 543 g/mol. The zero-order valence-corrected chi connectivity index (χ0v) is 18.7. The smallest absolute Gasteiger partial charge is 0.428 e. The number of nitrogens with one attached hydrogen (secondary N) is 2. The van der Waals surface area contributed by atoms with Gasteiger partial charge in [0.05, 0.1) is 21.8 Å². The van der Waals surface area contributed by atoms with E-state index in [1.165, 1.54) is 30.3 Å². The zero-order chi connectivity index (χ0) is 26.0. The number of hydrogen-bond donors (Lipinski definition) is 2. The van der Waals surface area contributed by atoms with Crippen LogP contribution in [0.4, 0.5) is 36.8 Å². The first-order valence-corrected chi connectivity index (χ1v) is 10.1. The predicted octanol–water partition coefficient (Wildman–Crippen LogP) is 5.12. The van der Waals surface area contributed by atoms with E-state index in [1.807, 2.05) is 0 Å². The molecule has 0 radical (unpaired) electrons. The number of benzene rings is 1. The van der Waals surface area contributed by atoms with Crippen LogP contribution < -0.4 is 15.4 Å². The Balaban J connectivity index is 1.75. The number of amides is 2. The lowest BCUT2D eigenvalue weighted by molar-refractivity contribution is -0.304. The van der Waals surface area contributed by atoms with Crippen LogP contribution in [0.5, 0.6) is 5.75 Å². The molecule has 0 saturated heterocycles. The molecule has 0 aliphatic carbocycles. The summed E-state index contributed by atoms with van der Waals surface area (Å²) in [4.78, 5) is 24.5. The third-order valence-corrected chi connectivity index (χ3v) is 4.76. The van der Waals surface area contributed by atoms with E-state index in [1.54, 1.807) is 6.07 Å². The minimum absolute atomic E-state index is 0.169. The van der Waals surface area contributed by atoms with Gasteiger partial charge in [0.2, 0.25) is 0 Å². The molecule has 9 nitrogen and oxygen atoms in total. The van der Waals surface area contributed by atoms with Crippen molar-refractivity contribution in [1.82, 2.24) is 30.0 Å².